The van der Waals surface area contributed by atoms with E-state index in [1.165, 1.54) is 11.1 Å². The van der Waals surface area contributed by atoms with Gasteiger partial charge >= 0.3 is 0 Å². The van der Waals surface area contributed by atoms with Crippen molar-refractivity contribution in [3.63, 3.8) is 0 Å². The molecule has 2 aromatic rings. The van der Waals surface area contributed by atoms with E-state index in [1.54, 1.807) is 0 Å². The second kappa shape index (κ2) is 4.83. The van der Waals surface area contributed by atoms with Gasteiger partial charge in [-0.3, -0.25) is 0 Å². The molecule has 2 nitrogen and oxygen atoms in total. The minimum Gasteiger partial charge on any atom is -0.493 e. The summed E-state index contributed by atoms with van der Waals surface area (Å²) in [4.78, 5) is 0. The number of benzene rings is 2. The van der Waals surface area contributed by atoms with Crippen LogP contribution in [-0.4, -0.2) is 11.7 Å². The van der Waals surface area contributed by atoms with E-state index in [1.807, 2.05) is 24.3 Å². The Morgan fingerprint density at radius 2 is 2.00 bits per heavy atom. The molecule has 1 aliphatic rings. The highest BCUT2D eigenvalue weighted by molar-refractivity contribution is 5.40. The van der Waals surface area contributed by atoms with Crippen LogP contribution in [0.5, 0.6) is 5.75 Å². The van der Waals surface area contributed by atoms with E-state index in [0.717, 1.165) is 17.7 Å². The third kappa shape index (κ3) is 2.12. The lowest BCUT2D eigenvalue weighted by Gasteiger charge is -2.29. The van der Waals surface area contributed by atoms with Crippen LogP contribution in [0.1, 0.15) is 22.6 Å². The van der Waals surface area contributed by atoms with Crippen LogP contribution in [0.25, 0.3) is 0 Å². The quantitative estimate of drug-likeness (QED) is 0.890. The average molecular weight is 240 g/mol. The summed E-state index contributed by atoms with van der Waals surface area (Å²) in [5, 5.41) is 9.07. The standard InChI is InChI=1S/C16H16O2/c17-10-12-4-3-6-15(8-12)18-11-14-9-13-5-1-2-7-16(13)14/h1-8,14,17H,9-11H2. The number of rotatable bonds is 4. The Hall–Kier alpha value is -1.80. The molecule has 1 atom stereocenters. The zero-order valence-corrected chi connectivity index (χ0v) is 10.2. The van der Waals surface area contributed by atoms with Crippen molar-refractivity contribution in [2.45, 2.75) is 18.9 Å². The molecule has 0 heterocycles. The highest BCUT2D eigenvalue weighted by atomic mass is 16.5. The van der Waals surface area contributed by atoms with Crippen LogP contribution >= 0.6 is 0 Å². The van der Waals surface area contributed by atoms with Crippen LogP contribution in [0.2, 0.25) is 0 Å². The van der Waals surface area contributed by atoms with E-state index in [2.05, 4.69) is 24.3 Å². The Bertz CT molecular complexity index is 548. The third-order valence-electron chi connectivity index (χ3n) is 3.49. The van der Waals surface area contributed by atoms with Gasteiger partial charge in [0, 0.05) is 5.92 Å². The van der Waals surface area contributed by atoms with Crippen LogP contribution in [0.4, 0.5) is 0 Å². The number of hydrogen-bond donors (Lipinski definition) is 1. The molecule has 1 aliphatic carbocycles. The van der Waals surface area contributed by atoms with Crippen LogP contribution in [-0.2, 0) is 13.0 Å². The van der Waals surface area contributed by atoms with Crippen LogP contribution in [0, 0.1) is 0 Å². The molecule has 18 heavy (non-hydrogen) atoms. The first-order valence-electron chi connectivity index (χ1n) is 6.27. The van der Waals surface area contributed by atoms with Gasteiger partial charge in [-0.15, -0.1) is 0 Å². The number of aliphatic hydroxyl groups is 1. The number of aliphatic hydroxyl groups excluding tert-OH is 1. The van der Waals surface area contributed by atoms with Crippen molar-refractivity contribution >= 4 is 0 Å². The zero-order chi connectivity index (χ0) is 12.4. The molecule has 0 fully saturated rings. The van der Waals surface area contributed by atoms with Gasteiger partial charge in [0.15, 0.2) is 0 Å². The van der Waals surface area contributed by atoms with E-state index in [-0.39, 0.29) is 6.61 Å². The Morgan fingerprint density at radius 1 is 1.11 bits per heavy atom. The number of fused-ring (bicyclic) bond motifs is 1. The first-order valence-corrected chi connectivity index (χ1v) is 6.27. The molecule has 0 saturated heterocycles. The minimum atomic E-state index is 0.0590. The maximum atomic E-state index is 9.07. The molecule has 0 amide bonds. The summed E-state index contributed by atoms with van der Waals surface area (Å²) in [6.45, 7) is 0.773. The molecule has 1 unspecified atom stereocenters. The topological polar surface area (TPSA) is 29.5 Å². The molecular weight excluding hydrogens is 224 g/mol. The minimum absolute atomic E-state index is 0.0590. The predicted molar refractivity (Wildman–Crippen MR) is 70.7 cm³/mol. The molecule has 0 aliphatic heterocycles. The largest absolute Gasteiger partial charge is 0.493 e. The van der Waals surface area contributed by atoms with E-state index in [9.17, 15) is 0 Å². The van der Waals surface area contributed by atoms with Crippen molar-refractivity contribution in [1.29, 1.82) is 0 Å². The predicted octanol–water partition coefficient (Wildman–Crippen LogP) is 2.90. The maximum Gasteiger partial charge on any atom is 0.119 e. The van der Waals surface area contributed by atoms with Crippen LogP contribution < -0.4 is 4.74 Å². The van der Waals surface area contributed by atoms with Gasteiger partial charge < -0.3 is 9.84 Å². The summed E-state index contributed by atoms with van der Waals surface area (Å²) in [6, 6.07) is 16.2. The molecule has 0 spiro atoms. The second-order valence-electron chi connectivity index (χ2n) is 4.72. The van der Waals surface area contributed by atoms with Gasteiger partial charge in [0.25, 0.3) is 0 Å². The normalized spacial score (nSPS) is 16.8. The highest BCUT2D eigenvalue weighted by Crippen LogP contribution is 2.35. The fraction of sp³-hybridized carbons (Fsp3) is 0.250. The summed E-state index contributed by atoms with van der Waals surface area (Å²) in [5.41, 5.74) is 3.74. The van der Waals surface area contributed by atoms with Gasteiger partial charge in [0.05, 0.1) is 13.2 Å². The summed E-state index contributed by atoms with van der Waals surface area (Å²) in [6.07, 6.45) is 1.11. The van der Waals surface area contributed by atoms with Crippen molar-refractivity contribution in [3.8, 4) is 5.75 Å². The molecular formula is C16H16O2. The smallest absolute Gasteiger partial charge is 0.119 e. The Labute approximate surface area is 107 Å². The summed E-state index contributed by atoms with van der Waals surface area (Å²) < 4.78 is 5.80. The fourth-order valence-corrected chi connectivity index (χ4v) is 2.44. The molecule has 2 aromatic carbocycles. The summed E-state index contributed by atoms with van der Waals surface area (Å²) >= 11 is 0. The molecule has 0 saturated carbocycles. The van der Waals surface area contributed by atoms with Gasteiger partial charge in [-0.25, -0.2) is 0 Å². The van der Waals surface area contributed by atoms with Gasteiger partial charge in [0.1, 0.15) is 5.75 Å². The zero-order valence-electron chi connectivity index (χ0n) is 10.2. The van der Waals surface area contributed by atoms with E-state index < -0.39 is 0 Å². The van der Waals surface area contributed by atoms with Crippen molar-refractivity contribution in [1.82, 2.24) is 0 Å². The highest BCUT2D eigenvalue weighted by Gasteiger charge is 2.25. The molecule has 1 N–H and O–H groups in total. The van der Waals surface area contributed by atoms with Gasteiger partial charge in [0.2, 0.25) is 0 Å². The summed E-state index contributed by atoms with van der Waals surface area (Å²) in [7, 11) is 0. The van der Waals surface area contributed by atoms with E-state index in [0.29, 0.717) is 12.5 Å². The molecule has 0 aromatic heterocycles. The Balaban J connectivity index is 1.63. The number of ether oxygens (including phenoxy) is 1. The van der Waals surface area contributed by atoms with Crippen molar-refractivity contribution in [2.75, 3.05) is 6.61 Å². The molecule has 0 bridgehead atoms. The lowest BCUT2D eigenvalue weighted by atomic mass is 9.78. The lowest BCUT2D eigenvalue weighted by Crippen LogP contribution is -2.23. The molecule has 0 radical (unpaired) electrons. The van der Waals surface area contributed by atoms with Gasteiger partial charge in [-0.1, -0.05) is 36.4 Å². The van der Waals surface area contributed by atoms with Crippen molar-refractivity contribution in [2.24, 2.45) is 0 Å². The van der Waals surface area contributed by atoms with Gasteiger partial charge in [-0.05, 0) is 35.2 Å². The van der Waals surface area contributed by atoms with Gasteiger partial charge in [-0.2, -0.15) is 0 Å². The SMILES string of the molecule is OCc1cccc(OCC2Cc3ccccc32)c1. The monoisotopic (exact) mass is 240 g/mol. The van der Waals surface area contributed by atoms with Crippen LogP contribution in [0.3, 0.4) is 0 Å². The first kappa shape index (κ1) is 11.3. The number of hydrogen-bond acceptors (Lipinski definition) is 2. The Kier molecular flexibility index (Phi) is 3.03. The van der Waals surface area contributed by atoms with Crippen molar-refractivity contribution < 1.29 is 9.84 Å². The van der Waals surface area contributed by atoms with Crippen molar-refractivity contribution in [3.05, 3.63) is 65.2 Å². The third-order valence-corrected chi connectivity index (χ3v) is 3.49. The molecule has 92 valence electrons. The first-order chi connectivity index (χ1) is 8.86. The fourth-order valence-electron chi connectivity index (χ4n) is 2.44. The Morgan fingerprint density at radius 3 is 2.83 bits per heavy atom. The maximum absolute atomic E-state index is 9.07. The van der Waals surface area contributed by atoms with Crippen LogP contribution in [0.15, 0.2) is 48.5 Å². The van der Waals surface area contributed by atoms with E-state index >= 15 is 0 Å². The average Bonchev–Trinajstić information content (AvgIpc) is 2.40. The molecule has 3 rings (SSSR count). The second-order valence-corrected chi connectivity index (χ2v) is 4.72. The summed E-state index contributed by atoms with van der Waals surface area (Å²) in [5.74, 6) is 1.35. The molecule has 2 heteroatoms. The lowest BCUT2D eigenvalue weighted by molar-refractivity contribution is 0.268. The van der Waals surface area contributed by atoms with E-state index in [4.69, 9.17) is 9.84 Å².